The first kappa shape index (κ1) is 10.4. The highest BCUT2D eigenvalue weighted by atomic mass is 32.2. The Bertz CT molecular complexity index is 124. The molecule has 0 aromatic heterocycles. The van der Waals surface area contributed by atoms with Crippen molar-refractivity contribution in [3.05, 3.63) is 0 Å². The molecule has 0 aliphatic carbocycles. The van der Waals surface area contributed by atoms with Crippen molar-refractivity contribution >= 4 is 11.8 Å². The Hall–Kier alpha value is 0.270. The molecule has 0 saturated carbocycles. The molecule has 2 unspecified atom stereocenters. The predicted molar refractivity (Wildman–Crippen MR) is 54.8 cm³/mol. The molecule has 1 rings (SSSR count). The second kappa shape index (κ2) is 5.10. The molecule has 1 aliphatic rings. The number of rotatable bonds is 5. The quantitative estimate of drug-likeness (QED) is 0.708. The van der Waals surface area contributed by atoms with Gasteiger partial charge in [0.05, 0.1) is 18.5 Å². The minimum atomic E-state index is 0.649. The van der Waals surface area contributed by atoms with Crippen molar-refractivity contribution < 1.29 is 4.74 Å². The van der Waals surface area contributed by atoms with Gasteiger partial charge in [0.2, 0.25) is 0 Å². The average Bonchev–Trinajstić information content (AvgIpc) is 1.99. The highest BCUT2D eigenvalue weighted by Crippen LogP contribution is 2.26. The normalized spacial score (nSPS) is 23.2. The summed E-state index contributed by atoms with van der Waals surface area (Å²) in [6, 6.07) is 0.649. The largest absolute Gasteiger partial charge is 0.379 e. The van der Waals surface area contributed by atoms with Gasteiger partial charge >= 0.3 is 0 Å². The zero-order valence-electron chi connectivity index (χ0n) is 8.17. The highest BCUT2D eigenvalue weighted by Gasteiger charge is 2.24. The van der Waals surface area contributed by atoms with Crippen molar-refractivity contribution in [2.24, 2.45) is 0 Å². The summed E-state index contributed by atoms with van der Waals surface area (Å²) in [5.74, 6) is 0. The lowest BCUT2D eigenvalue weighted by atomic mass is 10.2. The second-order valence-electron chi connectivity index (χ2n) is 3.30. The van der Waals surface area contributed by atoms with E-state index >= 15 is 0 Å². The number of hydrogen-bond donors (Lipinski definition) is 1. The summed E-state index contributed by atoms with van der Waals surface area (Å²) >= 11 is 2.06. The lowest BCUT2D eigenvalue weighted by molar-refractivity contribution is 0.0452. The van der Waals surface area contributed by atoms with E-state index in [1.54, 1.807) is 0 Å². The van der Waals surface area contributed by atoms with E-state index in [0.29, 0.717) is 11.3 Å². The van der Waals surface area contributed by atoms with E-state index < -0.39 is 0 Å². The second-order valence-corrected chi connectivity index (χ2v) is 4.99. The topological polar surface area (TPSA) is 21.3 Å². The predicted octanol–water partition coefficient (Wildman–Crippen LogP) is 1.50. The van der Waals surface area contributed by atoms with Crippen LogP contribution in [-0.2, 0) is 4.74 Å². The van der Waals surface area contributed by atoms with Crippen LogP contribution < -0.4 is 5.32 Å². The number of ether oxygens (including phenoxy) is 1. The van der Waals surface area contributed by atoms with E-state index in [0.717, 1.165) is 18.5 Å². The monoisotopic (exact) mass is 189 g/mol. The van der Waals surface area contributed by atoms with Crippen LogP contribution in [0, 0.1) is 0 Å². The van der Waals surface area contributed by atoms with Gasteiger partial charge in [-0.05, 0) is 13.5 Å². The van der Waals surface area contributed by atoms with Crippen molar-refractivity contribution in [2.75, 3.05) is 20.3 Å². The smallest absolute Gasteiger partial charge is 0.0608 e. The lowest BCUT2D eigenvalue weighted by Gasteiger charge is -2.31. The summed E-state index contributed by atoms with van der Waals surface area (Å²) in [5, 5.41) is 4.80. The van der Waals surface area contributed by atoms with Gasteiger partial charge in [-0.25, -0.2) is 0 Å². The molecule has 0 bridgehead atoms. The summed E-state index contributed by atoms with van der Waals surface area (Å²) in [4.78, 5) is 0. The molecule has 0 aromatic carbocycles. The number of hydrogen-bond acceptors (Lipinski definition) is 3. The maximum atomic E-state index is 5.14. The van der Waals surface area contributed by atoms with Gasteiger partial charge < -0.3 is 10.1 Å². The molecule has 0 amide bonds. The van der Waals surface area contributed by atoms with Crippen LogP contribution >= 0.6 is 11.8 Å². The maximum Gasteiger partial charge on any atom is 0.0608 e. The third-order valence-electron chi connectivity index (χ3n) is 2.39. The van der Waals surface area contributed by atoms with Crippen LogP contribution in [0.25, 0.3) is 0 Å². The van der Waals surface area contributed by atoms with Gasteiger partial charge in [0.1, 0.15) is 0 Å². The molecule has 0 radical (unpaired) electrons. The van der Waals surface area contributed by atoms with E-state index in [1.165, 1.54) is 6.42 Å². The Balaban J connectivity index is 2.19. The van der Waals surface area contributed by atoms with Gasteiger partial charge in [0, 0.05) is 11.3 Å². The Morgan fingerprint density at radius 1 is 1.58 bits per heavy atom. The van der Waals surface area contributed by atoms with Crippen LogP contribution in [0.5, 0.6) is 0 Å². The minimum Gasteiger partial charge on any atom is -0.379 e. The number of thioether (sulfide) groups is 1. The van der Waals surface area contributed by atoms with E-state index in [1.807, 2.05) is 7.05 Å². The fourth-order valence-corrected chi connectivity index (χ4v) is 2.94. The zero-order chi connectivity index (χ0) is 8.97. The Kier molecular flexibility index (Phi) is 4.40. The summed E-state index contributed by atoms with van der Waals surface area (Å²) in [5.41, 5.74) is 0. The molecule has 0 spiro atoms. The highest BCUT2D eigenvalue weighted by molar-refractivity contribution is 8.00. The molecule has 2 nitrogen and oxygen atoms in total. The minimum absolute atomic E-state index is 0.649. The van der Waals surface area contributed by atoms with Crippen LogP contribution in [0.4, 0.5) is 0 Å². The van der Waals surface area contributed by atoms with E-state index in [4.69, 9.17) is 4.74 Å². The lowest BCUT2D eigenvalue weighted by Crippen LogP contribution is -2.38. The van der Waals surface area contributed by atoms with Gasteiger partial charge in [0.15, 0.2) is 0 Å². The molecule has 3 heteroatoms. The van der Waals surface area contributed by atoms with Gasteiger partial charge in [-0.3, -0.25) is 0 Å². The van der Waals surface area contributed by atoms with Crippen LogP contribution in [0.3, 0.4) is 0 Å². The zero-order valence-corrected chi connectivity index (χ0v) is 8.99. The first-order chi connectivity index (χ1) is 5.77. The first-order valence-corrected chi connectivity index (χ1v) is 5.62. The Morgan fingerprint density at radius 2 is 2.25 bits per heavy atom. The molecule has 1 aliphatic heterocycles. The number of nitrogens with one attached hydrogen (secondary N) is 1. The van der Waals surface area contributed by atoms with E-state index in [9.17, 15) is 0 Å². The molecular weight excluding hydrogens is 170 g/mol. The van der Waals surface area contributed by atoms with E-state index in [2.05, 4.69) is 30.9 Å². The van der Waals surface area contributed by atoms with Crippen molar-refractivity contribution in [2.45, 2.75) is 36.8 Å². The molecule has 1 saturated heterocycles. The van der Waals surface area contributed by atoms with Crippen LogP contribution in [-0.4, -0.2) is 36.8 Å². The summed E-state index contributed by atoms with van der Waals surface area (Å²) in [7, 11) is 2.04. The van der Waals surface area contributed by atoms with Gasteiger partial charge in [-0.15, -0.1) is 11.8 Å². The molecule has 2 atom stereocenters. The van der Waals surface area contributed by atoms with Crippen molar-refractivity contribution in [1.82, 2.24) is 5.32 Å². The van der Waals surface area contributed by atoms with Crippen molar-refractivity contribution in [3.63, 3.8) is 0 Å². The van der Waals surface area contributed by atoms with Crippen LogP contribution in [0.1, 0.15) is 20.3 Å². The van der Waals surface area contributed by atoms with Gasteiger partial charge in [-0.1, -0.05) is 13.8 Å². The van der Waals surface area contributed by atoms with Gasteiger partial charge in [-0.2, -0.15) is 0 Å². The third kappa shape index (κ3) is 2.64. The van der Waals surface area contributed by atoms with Crippen molar-refractivity contribution in [1.29, 1.82) is 0 Å². The van der Waals surface area contributed by atoms with E-state index in [-0.39, 0.29) is 0 Å². The van der Waals surface area contributed by atoms with Crippen LogP contribution in [0.15, 0.2) is 0 Å². The third-order valence-corrected chi connectivity index (χ3v) is 3.81. The van der Waals surface area contributed by atoms with Crippen LogP contribution in [0.2, 0.25) is 0 Å². The SMILES string of the molecule is CCC(NC)C(C)SC1COC1. The summed E-state index contributed by atoms with van der Waals surface area (Å²) in [6.45, 7) is 6.44. The van der Waals surface area contributed by atoms with Gasteiger partial charge in [0.25, 0.3) is 0 Å². The molecular formula is C9H19NOS. The molecule has 1 fully saturated rings. The fraction of sp³-hybridized carbons (Fsp3) is 1.00. The molecule has 1 heterocycles. The molecule has 1 N–H and O–H groups in total. The summed E-state index contributed by atoms with van der Waals surface area (Å²) < 4.78 is 5.14. The Labute approximate surface area is 79.4 Å². The summed E-state index contributed by atoms with van der Waals surface area (Å²) in [6.07, 6.45) is 1.21. The fourth-order valence-electron chi connectivity index (χ4n) is 1.46. The first-order valence-electron chi connectivity index (χ1n) is 4.68. The maximum absolute atomic E-state index is 5.14. The van der Waals surface area contributed by atoms with Crippen molar-refractivity contribution in [3.8, 4) is 0 Å². The standard InChI is InChI=1S/C9H19NOS/c1-4-9(10-3)7(2)12-8-5-11-6-8/h7-10H,4-6H2,1-3H3. The molecule has 12 heavy (non-hydrogen) atoms. The average molecular weight is 189 g/mol. The molecule has 72 valence electrons. The Morgan fingerprint density at radius 3 is 2.58 bits per heavy atom. The molecule has 0 aromatic rings.